The molecule has 0 radical (unpaired) electrons. The fraction of sp³-hybridized carbons (Fsp3) is 0.208. The van der Waals surface area contributed by atoms with E-state index in [2.05, 4.69) is 15.5 Å². The van der Waals surface area contributed by atoms with Gasteiger partial charge in [0.2, 0.25) is 5.16 Å². The number of thioether (sulfide) groups is 1. The third-order valence-electron chi connectivity index (χ3n) is 5.48. The molecule has 1 aliphatic heterocycles. The highest BCUT2D eigenvalue weighted by atomic mass is 32.2. The Kier molecular flexibility index (Phi) is 6.39. The zero-order valence-corrected chi connectivity index (χ0v) is 19.3. The molecule has 3 heterocycles. The molecule has 0 fully saturated rings. The number of nitrogens with zero attached hydrogens (tertiary/aromatic N) is 6. The first-order valence-electron chi connectivity index (χ1n) is 10.7. The molecule has 1 unspecified atom stereocenters. The molecule has 2 aromatic carbocycles. The van der Waals surface area contributed by atoms with Crippen LogP contribution in [0.15, 0.2) is 87.7 Å². The van der Waals surface area contributed by atoms with Gasteiger partial charge in [-0.3, -0.25) is 4.79 Å². The lowest BCUT2D eigenvalue weighted by molar-refractivity contribution is -0.130. The third-order valence-corrected chi connectivity index (χ3v) is 6.42. The molecular formula is C24H22N6O3S. The summed E-state index contributed by atoms with van der Waals surface area (Å²) in [7, 11) is 1.63. The summed E-state index contributed by atoms with van der Waals surface area (Å²) in [6.45, 7) is 0.394. The van der Waals surface area contributed by atoms with Crippen molar-refractivity contribution in [1.29, 1.82) is 0 Å². The van der Waals surface area contributed by atoms with Gasteiger partial charge in [-0.15, -0.1) is 5.10 Å². The Labute approximate surface area is 200 Å². The van der Waals surface area contributed by atoms with Crippen LogP contribution in [0, 0.1) is 0 Å². The van der Waals surface area contributed by atoms with Gasteiger partial charge in [0.1, 0.15) is 18.1 Å². The lowest BCUT2D eigenvalue weighted by Gasteiger charge is -2.22. The lowest BCUT2D eigenvalue weighted by atomic mass is 9.98. The van der Waals surface area contributed by atoms with Crippen LogP contribution in [-0.4, -0.2) is 49.7 Å². The molecule has 0 aliphatic carbocycles. The minimum atomic E-state index is -0.201. The number of benzene rings is 2. The number of furan rings is 1. The van der Waals surface area contributed by atoms with Crippen LogP contribution in [-0.2, 0) is 11.3 Å². The van der Waals surface area contributed by atoms with Gasteiger partial charge < -0.3 is 9.15 Å². The minimum absolute atomic E-state index is 0.121. The number of carbonyl (C=O) groups is 1. The van der Waals surface area contributed by atoms with E-state index in [0.29, 0.717) is 18.1 Å². The second-order valence-electron chi connectivity index (χ2n) is 7.63. The van der Waals surface area contributed by atoms with Crippen molar-refractivity contribution < 1.29 is 13.9 Å². The number of hydrazone groups is 1. The van der Waals surface area contributed by atoms with E-state index in [9.17, 15) is 4.79 Å². The number of methoxy groups -OCH3 is 1. The van der Waals surface area contributed by atoms with Gasteiger partial charge in [-0.25, -0.2) is 9.69 Å². The highest BCUT2D eigenvalue weighted by Crippen LogP contribution is 2.34. The first-order chi connectivity index (χ1) is 16.7. The van der Waals surface area contributed by atoms with E-state index in [1.807, 2.05) is 66.7 Å². The maximum atomic E-state index is 13.3. The molecular weight excluding hydrogens is 452 g/mol. The summed E-state index contributed by atoms with van der Waals surface area (Å²) >= 11 is 1.28. The van der Waals surface area contributed by atoms with Crippen molar-refractivity contribution in [3.63, 3.8) is 0 Å². The Balaban J connectivity index is 1.34. The van der Waals surface area contributed by atoms with E-state index in [4.69, 9.17) is 14.3 Å². The fourth-order valence-electron chi connectivity index (χ4n) is 3.77. The lowest BCUT2D eigenvalue weighted by Crippen LogP contribution is -2.28. The number of carbonyl (C=O) groups excluding carboxylic acids is 1. The van der Waals surface area contributed by atoms with E-state index in [-0.39, 0.29) is 17.7 Å². The van der Waals surface area contributed by atoms with Gasteiger partial charge >= 0.3 is 0 Å². The standard InChI is InChI=1S/C24H22N6O3S/c1-32-19-11-9-18(10-12-19)22-14-21(17-6-3-2-4-7-17)26-30(22)23(31)16-34-24-25-27-28-29(24)15-20-8-5-13-33-20/h2-13,22H,14-16H2,1H3. The smallest absolute Gasteiger partial charge is 0.253 e. The van der Waals surface area contributed by atoms with Gasteiger partial charge in [-0.05, 0) is 45.8 Å². The summed E-state index contributed by atoms with van der Waals surface area (Å²) in [6.07, 6.45) is 2.23. The van der Waals surface area contributed by atoms with E-state index in [1.165, 1.54) is 11.8 Å². The number of hydrogen-bond donors (Lipinski definition) is 0. The van der Waals surface area contributed by atoms with Crippen molar-refractivity contribution in [3.05, 3.63) is 89.9 Å². The Morgan fingerprint density at radius 1 is 1.12 bits per heavy atom. The van der Waals surface area contributed by atoms with Gasteiger partial charge in [0.15, 0.2) is 0 Å². The topological polar surface area (TPSA) is 98.6 Å². The molecule has 9 nitrogen and oxygen atoms in total. The zero-order chi connectivity index (χ0) is 23.3. The molecule has 1 atom stereocenters. The van der Waals surface area contributed by atoms with Gasteiger partial charge in [-0.1, -0.05) is 54.2 Å². The predicted molar refractivity (Wildman–Crippen MR) is 127 cm³/mol. The highest BCUT2D eigenvalue weighted by Gasteiger charge is 2.33. The monoisotopic (exact) mass is 474 g/mol. The van der Waals surface area contributed by atoms with Crippen molar-refractivity contribution in [2.24, 2.45) is 5.10 Å². The molecule has 10 heteroatoms. The number of amides is 1. The maximum Gasteiger partial charge on any atom is 0.253 e. The molecule has 34 heavy (non-hydrogen) atoms. The van der Waals surface area contributed by atoms with Gasteiger partial charge in [0.05, 0.1) is 30.9 Å². The Bertz CT molecular complexity index is 1270. The van der Waals surface area contributed by atoms with Crippen LogP contribution < -0.4 is 4.74 Å². The van der Waals surface area contributed by atoms with Crippen molar-refractivity contribution in [2.75, 3.05) is 12.9 Å². The Morgan fingerprint density at radius 3 is 2.68 bits per heavy atom. The average molecular weight is 475 g/mol. The van der Waals surface area contributed by atoms with Crippen molar-refractivity contribution in [1.82, 2.24) is 25.2 Å². The van der Waals surface area contributed by atoms with Crippen LogP contribution in [0.2, 0.25) is 0 Å². The highest BCUT2D eigenvalue weighted by molar-refractivity contribution is 7.99. The van der Waals surface area contributed by atoms with E-state index >= 15 is 0 Å². The predicted octanol–water partition coefficient (Wildman–Crippen LogP) is 3.79. The van der Waals surface area contributed by atoms with Crippen LogP contribution >= 0.6 is 11.8 Å². The second kappa shape index (κ2) is 9.92. The summed E-state index contributed by atoms with van der Waals surface area (Å²) < 4.78 is 12.3. The summed E-state index contributed by atoms with van der Waals surface area (Å²) in [5.41, 5.74) is 2.88. The molecule has 1 amide bonds. The normalized spacial score (nSPS) is 15.4. The summed E-state index contributed by atoms with van der Waals surface area (Å²) in [4.78, 5) is 13.3. The van der Waals surface area contributed by atoms with Crippen LogP contribution in [0.25, 0.3) is 0 Å². The number of hydrogen-bond acceptors (Lipinski definition) is 8. The summed E-state index contributed by atoms with van der Waals surface area (Å²) in [5, 5.41) is 18.7. The molecule has 172 valence electrons. The van der Waals surface area contributed by atoms with Crippen molar-refractivity contribution in [3.8, 4) is 5.75 Å². The average Bonchev–Trinajstić information content (AvgIpc) is 3.65. The van der Waals surface area contributed by atoms with Gasteiger partial charge in [0.25, 0.3) is 5.91 Å². The van der Waals surface area contributed by atoms with E-state index in [0.717, 1.165) is 28.3 Å². The Hall–Kier alpha value is -3.92. The molecule has 0 spiro atoms. The van der Waals surface area contributed by atoms with Gasteiger partial charge in [0, 0.05) is 6.42 Å². The molecule has 4 aromatic rings. The first-order valence-corrected chi connectivity index (χ1v) is 11.7. The molecule has 0 N–H and O–H groups in total. The molecule has 0 bridgehead atoms. The first kappa shape index (κ1) is 21.9. The molecule has 5 rings (SSSR count). The quantitative estimate of drug-likeness (QED) is 0.358. The summed E-state index contributed by atoms with van der Waals surface area (Å²) in [6, 6.07) is 21.1. The molecule has 1 aliphatic rings. The Morgan fingerprint density at radius 2 is 1.94 bits per heavy atom. The van der Waals surface area contributed by atoms with Crippen molar-refractivity contribution in [2.45, 2.75) is 24.2 Å². The molecule has 0 saturated heterocycles. The SMILES string of the molecule is COc1ccc(C2CC(c3ccccc3)=NN2C(=O)CSc2nnnn2Cc2ccco2)cc1. The van der Waals surface area contributed by atoms with Crippen LogP contribution in [0.5, 0.6) is 5.75 Å². The van der Waals surface area contributed by atoms with Crippen LogP contribution in [0.3, 0.4) is 0 Å². The minimum Gasteiger partial charge on any atom is -0.497 e. The van der Waals surface area contributed by atoms with Crippen LogP contribution in [0.1, 0.15) is 29.3 Å². The maximum absolute atomic E-state index is 13.3. The number of tetrazole rings is 1. The van der Waals surface area contributed by atoms with Crippen molar-refractivity contribution >= 4 is 23.4 Å². The second-order valence-corrected chi connectivity index (χ2v) is 8.57. The van der Waals surface area contributed by atoms with Crippen LogP contribution in [0.4, 0.5) is 0 Å². The zero-order valence-electron chi connectivity index (χ0n) is 18.4. The fourth-order valence-corrected chi connectivity index (χ4v) is 4.50. The van der Waals surface area contributed by atoms with E-state index < -0.39 is 0 Å². The number of ether oxygens (including phenoxy) is 1. The largest absolute Gasteiger partial charge is 0.497 e. The number of rotatable bonds is 8. The third kappa shape index (κ3) is 4.72. The molecule has 2 aromatic heterocycles. The number of aromatic nitrogens is 4. The summed E-state index contributed by atoms with van der Waals surface area (Å²) in [5.74, 6) is 1.53. The van der Waals surface area contributed by atoms with E-state index in [1.54, 1.807) is 23.1 Å². The van der Waals surface area contributed by atoms with Gasteiger partial charge in [-0.2, -0.15) is 5.10 Å². The molecule has 0 saturated carbocycles.